The van der Waals surface area contributed by atoms with Gasteiger partial charge < -0.3 is 20.1 Å². The molecule has 2 N–H and O–H groups in total. The van der Waals surface area contributed by atoms with Gasteiger partial charge in [0, 0.05) is 10.4 Å². The standard InChI is InChI=1S/C31H33N5O5S2/c1-5-41-30(39)26-21-12-9-15-24(21)43-29(26)33-27(37)19(3)42-31-35-34-25(36(31)22-13-6-7-14-23(22)40-4)17-32-28(38)20-11-8-10-18(2)16-20/h6-8,10-11,13-14,16,19H,5,9,12,15,17H2,1-4H3,(H,32,38)(H,33,37)/t19-/m0/s1. The van der Waals surface area contributed by atoms with Gasteiger partial charge in [-0.3, -0.25) is 14.2 Å². The summed E-state index contributed by atoms with van der Waals surface area (Å²) in [6.45, 7) is 5.82. The van der Waals surface area contributed by atoms with Crippen LogP contribution in [0, 0.1) is 6.92 Å². The van der Waals surface area contributed by atoms with Crippen LogP contribution < -0.4 is 15.4 Å². The Labute approximate surface area is 258 Å². The zero-order valence-electron chi connectivity index (χ0n) is 24.4. The third-order valence-corrected chi connectivity index (χ3v) is 9.25. The lowest BCUT2D eigenvalue weighted by Gasteiger charge is -2.16. The van der Waals surface area contributed by atoms with Crippen LogP contribution in [0.5, 0.6) is 5.75 Å². The van der Waals surface area contributed by atoms with Crippen molar-refractivity contribution in [1.29, 1.82) is 0 Å². The number of nitrogens with one attached hydrogen (secondary N) is 2. The van der Waals surface area contributed by atoms with Crippen LogP contribution in [0.2, 0.25) is 0 Å². The molecule has 0 bridgehead atoms. The van der Waals surface area contributed by atoms with Crippen molar-refractivity contribution in [2.45, 2.75) is 57.0 Å². The van der Waals surface area contributed by atoms with Gasteiger partial charge in [-0.1, -0.05) is 41.6 Å². The minimum absolute atomic E-state index is 0.0998. The van der Waals surface area contributed by atoms with Crippen LogP contribution in [-0.4, -0.2) is 51.5 Å². The predicted molar refractivity (Wildman–Crippen MR) is 167 cm³/mol. The second kappa shape index (κ2) is 13.4. The van der Waals surface area contributed by atoms with E-state index in [9.17, 15) is 14.4 Å². The summed E-state index contributed by atoms with van der Waals surface area (Å²) in [6, 6.07) is 14.7. The first-order valence-electron chi connectivity index (χ1n) is 14.0. The van der Waals surface area contributed by atoms with Gasteiger partial charge in [0.15, 0.2) is 11.0 Å². The third-order valence-electron chi connectivity index (χ3n) is 7.00. The summed E-state index contributed by atoms with van der Waals surface area (Å²) < 4.78 is 12.7. The van der Waals surface area contributed by atoms with Gasteiger partial charge in [-0.2, -0.15) is 0 Å². The Morgan fingerprint density at radius 3 is 2.70 bits per heavy atom. The molecule has 10 nitrogen and oxygen atoms in total. The first-order valence-corrected chi connectivity index (χ1v) is 15.7. The van der Waals surface area contributed by atoms with Gasteiger partial charge in [0.25, 0.3) is 5.91 Å². The second-order valence-corrected chi connectivity index (χ2v) is 12.4. The number of amides is 2. The van der Waals surface area contributed by atoms with E-state index < -0.39 is 11.2 Å². The number of benzene rings is 2. The van der Waals surface area contributed by atoms with Crippen LogP contribution in [0.4, 0.5) is 5.00 Å². The number of thioether (sulfide) groups is 1. The predicted octanol–water partition coefficient (Wildman–Crippen LogP) is 5.36. The molecule has 0 saturated heterocycles. The molecule has 43 heavy (non-hydrogen) atoms. The number of aromatic nitrogens is 3. The molecule has 1 aliphatic rings. The molecule has 2 heterocycles. The maximum absolute atomic E-state index is 13.4. The molecular formula is C31H33N5O5S2. The SMILES string of the molecule is CCOC(=O)c1c(NC(=O)[C@H](C)Sc2nnc(CNC(=O)c3cccc(C)c3)n2-c2ccccc2OC)sc2c1CCC2. The van der Waals surface area contributed by atoms with Gasteiger partial charge in [-0.25, -0.2) is 4.79 Å². The average Bonchev–Trinajstić information content (AvgIpc) is 3.70. The van der Waals surface area contributed by atoms with E-state index in [1.165, 1.54) is 23.1 Å². The highest BCUT2D eigenvalue weighted by Crippen LogP contribution is 2.40. The lowest BCUT2D eigenvalue weighted by molar-refractivity contribution is -0.115. The molecule has 5 rings (SSSR count). The number of nitrogens with zero attached hydrogens (tertiary/aromatic N) is 3. The number of fused-ring (bicyclic) bond motifs is 1. The summed E-state index contributed by atoms with van der Waals surface area (Å²) in [5.74, 6) is 0.130. The van der Waals surface area contributed by atoms with Crippen molar-refractivity contribution in [1.82, 2.24) is 20.1 Å². The molecule has 2 aromatic heterocycles. The highest BCUT2D eigenvalue weighted by Gasteiger charge is 2.30. The Kier molecular flexibility index (Phi) is 9.46. The number of anilines is 1. The van der Waals surface area contributed by atoms with Crippen LogP contribution in [-0.2, 0) is 28.9 Å². The van der Waals surface area contributed by atoms with Crippen LogP contribution in [0.1, 0.15) is 62.8 Å². The maximum Gasteiger partial charge on any atom is 0.341 e. The van der Waals surface area contributed by atoms with Crippen molar-refractivity contribution in [3.63, 3.8) is 0 Å². The molecule has 1 aliphatic carbocycles. The Hall–Kier alpha value is -4.16. The number of ether oxygens (including phenoxy) is 2. The molecule has 224 valence electrons. The number of carbonyl (C=O) groups is 3. The van der Waals surface area contributed by atoms with E-state index in [4.69, 9.17) is 9.47 Å². The monoisotopic (exact) mass is 619 g/mol. The summed E-state index contributed by atoms with van der Waals surface area (Å²) in [4.78, 5) is 40.2. The quantitative estimate of drug-likeness (QED) is 0.170. The second-order valence-electron chi connectivity index (χ2n) is 9.99. The molecule has 0 aliphatic heterocycles. The number of thiophene rings is 1. The fraction of sp³-hybridized carbons (Fsp3) is 0.323. The van der Waals surface area contributed by atoms with Crippen LogP contribution in [0.25, 0.3) is 5.69 Å². The largest absolute Gasteiger partial charge is 0.495 e. The Morgan fingerprint density at radius 2 is 1.93 bits per heavy atom. The lowest BCUT2D eigenvalue weighted by Crippen LogP contribution is -2.25. The van der Waals surface area contributed by atoms with Gasteiger partial charge in [0.1, 0.15) is 10.8 Å². The van der Waals surface area contributed by atoms with Crippen LogP contribution >= 0.6 is 23.1 Å². The summed E-state index contributed by atoms with van der Waals surface area (Å²) in [5, 5.41) is 15.0. The first kappa shape index (κ1) is 30.3. The summed E-state index contributed by atoms with van der Waals surface area (Å²) >= 11 is 2.66. The third kappa shape index (κ3) is 6.60. The fourth-order valence-corrected chi connectivity index (χ4v) is 7.09. The van der Waals surface area contributed by atoms with E-state index in [1.54, 1.807) is 31.6 Å². The highest BCUT2D eigenvalue weighted by molar-refractivity contribution is 8.00. The van der Waals surface area contributed by atoms with Crippen molar-refractivity contribution in [3.8, 4) is 11.4 Å². The molecule has 0 saturated carbocycles. The number of carbonyl (C=O) groups excluding carboxylic acids is 3. The van der Waals surface area contributed by atoms with Crippen molar-refractivity contribution < 1.29 is 23.9 Å². The zero-order chi connectivity index (χ0) is 30.5. The van der Waals surface area contributed by atoms with Crippen molar-refractivity contribution >= 4 is 45.9 Å². The Morgan fingerprint density at radius 1 is 1.12 bits per heavy atom. The minimum atomic E-state index is -0.598. The van der Waals surface area contributed by atoms with Gasteiger partial charge in [0.05, 0.1) is 36.8 Å². The van der Waals surface area contributed by atoms with E-state index in [2.05, 4.69) is 20.8 Å². The molecule has 1 atom stereocenters. The topological polar surface area (TPSA) is 124 Å². The van der Waals surface area contributed by atoms with Crippen molar-refractivity contribution in [2.75, 3.05) is 19.0 Å². The number of esters is 1. The molecule has 0 spiro atoms. The number of methoxy groups -OCH3 is 1. The Bertz CT molecular complexity index is 1660. The van der Waals surface area contributed by atoms with Crippen molar-refractivity contribution in [3.05, 3.63) is 81.5 Å². The molecular weight excluding hydrogens is 587 g/mol. The smallest absolute Gasteiger partial charge is 0.341 e. The lowest BCUT2D eigenvalue weighted by atomic mass is 10.1. The van der Waals surface area contributed by atoms with Gasteiger partial charge >= 0.3 is 5.97 Å². The van der Waals surface area contributed by atoms with Gasteiger partial charge in [-0.15, -0.1) is 21.5 Å². The summed E-state index contributed by atoms with van der Waals surface area (Å²) in [5.41, 5.74) is 3.65. The van der Waals surface area contributed by atoms with E-state index in [0.717, 1.165) is 35.3 Å². The maximum atomic E-state index is 13.4. The number of rotatable bonds is 11. The van der Waals surface area contributed by atoms with E-state index in [0.29, 0.717) is 38.5 Å². The molecule has 0 radical (unpaired) electrons. The van der Waals surface area contributed by atoms with Crippen molar-refractivity contribution in [2.24, 2.45) is 0 Å². The fourth-order valence-electron chi connectivity index (χ4n) is 4.93. The van der Waals surface area contributed by atoms with Gasteiger partial charge in [0.2, 0.25) is 5.91 Å². The molecule has 0 fully saturated rings. The summed E-state index contributed by atoms with van der Waals surface area (Å²) in [7, 11) is 1.57. The number of para-hydroxylation sites is 2. The minimum Gasteiger partial charge on any atom is -0.495 e. The highest BCUT2D eigenvalue weighted by atomic mass is 32.2. The number of aryl methyl sites for hydroxylation is 2. The number of hydrogen-bond donors (Lipinski definition) is 2. The van der Waals surface area contributed by atoms with E-state index in [1.807, 2.05) is 49.4 Å². The normalized spacial score (nSPS) is 12.8. The molecule has 0 unspecified atom stereocenters. The number of hydrogen-bond acceptors (Lipinski definition) is 9. The first-order chi connectivity index (χ1) is 20.8. The van der Waals surface area contributed by atoms with E-state index in [-0.39, 0.29) is 25.0 Å². The summed E-state index contributed by atoms with van der Waals surface area (Å²) in [6.07, 6.45) is 2.67. The van der Waals surface area contributed by atoms with Gasteiger partial charge in [-0.05, 0) is 69.9 Å². The van der Waals surface area contributed by atoms with Crippen LogP contribution in [0.3, 0.4) is 0 Å². The molecule has 12 heteroatoms. The van der Waals surface area contributed by atoms with E-state index >= 15 is 0 Å². The van der Waals surface area contributed by atoms with Crippen LogP contribution in [0.15, 0.2) is 53.7 Å². The molecule has 2 aromatic carbocycles. The average molecular weight is 620 g/mol. The Balaban J connectivity index is 1.39. The molecule has 2 amide bonds. The molecule has 4 aromatic rings. The zero-order valence-corrected chi connectivity index (χ0v) is 26.1.